The van der Waals surface area contributed by atoms with Gasteiger partial charge in [-0.1, -0.05) is 0 Å². The van der Waals surface area contributed by atoms with Gasteiger partial charge in [-0.25, -0.2) is 9.59 Å². The van der Waals surface area contributed by atoms with Crippen molar-refractivity contribution in [2.75, 3.05) is 7.05 Å². The summed E-state index contributed by atoms with van der Waals surface area (Å²) in [6, 6.07) is -1.21. The van der Waals surface area contributed by atoms with Crippen LogP contribution in [-0.2, 0) is 14.3 Å². The van der Waals surface area contributed by atoms with E-state index < -0.39 is 29.7 Å². The molecule has 0 fully saturated rings. The lowest BCUT2D eigenvalue weighted by molar-refractivity contribution is -0.143. The predicted octanol–water partition coefficient (Wildman–Crippen LogP) is 1.17. The van der Waals surface area contributed by atoms with Crippen LogP contribution in [0.15, 0.2) is 0 Å². The molecule has 1 atom stereocenters. The molecule has 0 radical (unpaired) electrons. The standard InChI is InChI=1S/C11H19NO6/c1-11(2,3)18-10(17)12(4)7(9(15)16)5-6-8(13)14/h7H,5-6H2,1-4H3,(H,13,14)(H,15,16)/t7-/m0/s1. The van der Waals surface area contributed by atoms with Crippen LogP contribution in [-0.4, -0.2) is 51.8 Å². The Kier molecular flexibility index (Phi) is 5.61. The second kappa shape index (κ2) is 6.23. The number of rotatable bonds is 5. The lowest BCUT2D eigenvalue weighted by atomic mass is 10.1. The Morgan fingerprint density at radius 3 is 2.06 bits per heavy atom. The van der Waals surface area contributed by atoms with E-state index in [0.717, 1.165) is 4.90 Å². The van der Waals surface area contributed by atoms with E-state index in [0.29, 0.717) is 0 Å². The summed E-state index contributed by atoms with van der Waals surface area (Å²) in [6.07, 6.45) is -1.29. The highest BCUT2D eigenvalue weighted by Crippen LogP contribution is 2.13. The summed E-state index contributed by atoms with van der Waals surface area (Å²) in [5.74, 6) is -2.37. The molecule has 0 spiro atoms. The molecule has 2 N–H and O–H groups in total. The smallest absolute Gasteiger partial charge is 0.410 e. The fourth-order valence-electron chi connectivity index (χ4n) is 1.20. The third-order valence-corrected chi connectivity index (χ3v) is 2.07. The van der Waals surface area contributed by atoms with E-state index in [1.54, 1.807) is 20.8 Å². The molecule has 0 rings (SSSR count). The molecular formula is C11H19NO6. The highest BCUT2D eigenvalue weighted by molar-refractivity contribution is 5.80. The van der Waals surface area contributed by atoms with Crippen LogP contribution in [0.2, 0.25) is 0 Å². The third-order valence-electron chi connectivity index (χ3n) is 2.07. The van der Waals surface area contributed by atoms with Gasteiger partial charge in [-0.3, -0.25) is 9.69 Å². The maximum Gasteiger partial charge on any atom is 0.410 e. The number of aliphatic carboxylic acids is 2. The number of ether oxygens (including phenoxy) is 1. The van der Waals surface area contributed by atoms with Gasteiger partial charge in [0.15, 0.2) is 0 Å². The summed E-state index contributed by atoms with van der Waals surface area (Å²) in [7, 11) is 1.27. The van der Waals surface area contributed by atoms with E-state index in [4.69, 9.17) is 14.9 Å². The summed E-state index contributed by atoms with van der Waals surface area (Å²) in [5, 5.41) is 17.5. The van der Waals surface area contributed by atoms with Crippen LogP contribution in [0.1, 0.15) is 33.6 Å². The molecule has 7 heteroatoms. The Bertz CT molecular complexity index is 333. The zero-order valence-corrected chi connectivity index (χ0v) is 11.0. The highest BCUT2D eigenvalue weighted by Gasteiger charge is 2.30. The summed E-state index contributed by atoms with van der Waals surface area (Å²) in [6.45, 7) is 4.98. The van der Waals surface area contributed by atoms with E-state index in [9.17, 15) is 14.4 Å². The lowest BCUT2D eigenvalue weighted by Crippen LogP contribution is -2.45. The number of amides is 1. The van der Waals surface area contributed by atoms with Gasteiger partial charge in [0.1, 0.15) is 11.6 Å². The number of carboxylic acids is 2. The van der Waals surface area contributed by atoms with Crippen molar-refractivity contribution in [1.29, 1.82) is 0 Å². The van der Waals surface area contributed by atoms with E-state index in [1.165, 1.54) is 7.05 Å². The first-order valence-electron chi connectivity index (χ1n) is 5.45. The Hall–Kier alpha value is -1.79. The highest BCUT2D eigenvalue weighted by atomic mass is 16.6. The minimum absolute atomic E-state index is 0.166. The van der Waals surface area contributed by atoms with E-state index in [1.807, 2.05) is 0 Å². The van der Waals surface area contributed by atoms with Gasteiger partial charge in [0.2, 0.25) is 0 Å². The molecule has 0 aromatic carbocycles. The van der Waals surface area contributed by atoms with Crippen molar-refractivity contribution < 1.29 is 29.3 Å². The molecule has 0 aromatic heterocycles. The molecule has 104 valence electrons. The maximum atomic E-state index is 11.6. The molecule has 0 bridgehead atoms. The van der Waals surface area contributed by atoms with Gasteiger partial charge in [-0.2, -0.15) is 0 Å². The lowest BCUT2D eigenvalue weighted by Gasteiger charge is -2.28. The first-order valence-corrected chi connectivity index (χ1v) is 5.45. The second-order valence-corrected chi connectivity index (χ2v) is 4.88. The van der Waals surface area contributed by atoms with E-state index in [2.05, 4.69) is 0 Å². The summed E-state index contributed by atoms with van der Waals surface area (Å²) in [4.78, 5) is 33.9. The van der Waals surface area contributed by atoms with E-state index >= 15 is 0 Å². The number of hydrogen-bond acceptors (Lipinski definition) is 4. The molecule has 0 aromatic rings. The van der Waals surface area contributed by atoms with Crippen LogP contribution >= 0.6 is 0 Å². The van der Waals surface area contributed by atoms with Crippen molar-refractivity contribution in [1.82, 2.24) is 4.90 Å². The van der Waals surface area contributed by atoms with Gasteiger partial charge in [0, 0.05) is 13.5 Å². The SMILES string of the molecule is CN(C(=O)OC(C)(C)C)[C@@H](CCC(=O)O)C(=O)O. The number of carbonyl (C=O) groups excluding carboxylic acids is 1. The van der Waals surface area contributed by atoms with Gasteiger partial charge in [0.05, 0.1) is 0 Å². The van der Waals surface area contributed by atoms with Crippen LogP contribution in [0, 0.1) is 0 Å². The van der Waals surface area contributed by atoms with Crippen molar-refractivity contribution in [3.63, 3.8) is 0 Å². The van der Waals surface area contributed by atoms with Gasteiger partial charge in [0.25, 0.3) is 0 Å². The fraction of sp³-hybridized carbons (Fsp3) is 0.727. The molecule has 0 saturated carbocycles. The molecule has 0 heterocycles. The Morgan fingerprint density at radius 2 is 1.72 bits per heavy atom. The van der Waals surface area contributed by atoms with Gasteiger partial charge in [-0.05, 0) is 27.2 Å². The predicted molar refractivity (Wildman–Crippen MR) is 62.3 cm³/mol. The van der Waals surface area contributed by atoms with Crippen LogP contribution in [0.4, 0.5) is 4.79 Å². The summed E-state index contributed by atoms with van der Waals surface area (Å²) in [5.41, 5.74) is -0.735. The molecule has 7 nitrogen and oxygen atoms in total. The van der Waals surface area contributed by atoms with Crippen molar-refractivity contribution in [2.24, 2.45) is 0 Å². The average Bonchev–Trinajstić information content (AvgIpc) is 2.13. The molecule has 0 unspecified atom stereocenters. The maximum absolute atomic E-state index is 11.6. The minimum atomic E-state index is -1.26. The topological polar surface area (TPSA) is 104 Å². The number of hydrogen-bond donors (Lipinski definition) is 2. The van der Waals surface area contributed by atoms with Crippen molar-refractivity contribution in [3.8, 4) is 0 Å². The molecular weight excluding hydrogens is 242 g/mol. The Balaban J connectivity index is 4.65. The average molecular weight is 261 g/mol. The van der Waals surface area contributed by atoms with E-state index in [-0.39, 0.29) is 12.8 Å². The van der Waals surface area contributed by atoms with Crippen molar-refractivity contribution in [2.45, 2.75) is 45.3 Å². The molecule has 18 heavy (non-hydrogen) atoms. The molecule has 0 aliphatic carbocycles. The van der Waals surface area contributed by atoms with Crippen LogP contribution in [0.3, 0.4) is 0 Å². The zero-order valence-electron chi connectivity index (χ0n) is 11.0. The zero-order chi connectivity index (χ0) is 14.5. The first kappa shape index (κ1) is 16.2. The Labute approximate surface area is 105 Å². The second-order valence-electron chi connectivity index (χ2n) is 4.88. The van der Waals surface area contributed by atoms with Crippen LogP contribution in [0.5, 0.6) is 0 Å². The molecule has 0 aliphatic rings. The molecule has 1 amide bonds. The van der Waals surface area contributed by atoms with Crippen LogP contribution < -0.4 is 0 Å². The summed E-state index contributed by atoms with van der Waals surface area (Å²) < 4.78 is 5.01. The van der Waals surface area contributed by atoms with Crippen LogP contribution in [0.25, 0.3) is 0 Å². The summed E-state index contributed by atoms with van der Waals surface area (Å²) >= 11 is 0. The third kappa shape index (κ3) is 6.07. The van der Waals surface area contributed by atoms with Crippen molar-refractivity contribution >= 4 is 18.0 Å². The van der Waals surface area contributed by atoms with Gasteiger partial charge >= 0.3 is 18.0 Å². The van der Waals surface area contributed by atoms with Gasteiger partial charge in [-0.15, -0.1) is 0 Å². The van der Waals surface area contributed by atoms with Gasteiger partial charge < -0.3 is 14.9 Å². The quantitative estimate of drug-likeness (QED) is 0.769. The Morgan fingerprint density at radius 1 is 1.22 bits per heavy atom. The van der Waals surface area contributed by atoms with Crippen molar-refractivity contribution in [3.05, 3.63) is 0 Å². The molecule has 0 saturated heterocycles. The first-order chi connectivity index (χ1) is 8.04. The minimum Gasteiger partial charge on any atom is -0.481 e. The monoisotopic (exact) mass is 261 g/mol. The molecule has 0 aliphatic heterocycles. The largest absolute Gasteiger partial charge is 0.481 e. The normalized spacial score (nSPS) is 12.7. The number of carbonyl (C=O) groups is 3. The number of nitrogens with zero attached hydrogens (tertiary/aromatic N) is 1. The number of carboxylic acid groups (broad SMARTS) is 2. The number of likely N-dealkylation sites (N-methyl/N-ethyl adjacent to an activating group) is 1. The fourth-order valence-corrected chi connectivity index (χ4v) is 1.20.